The van der Waals surface area contributed by atoms with Crippen molar-refractivity contribution in [2.45, 2.75) is 66.0 Å². The summed E-state index contributed by atoms with van der Waals surface area (Å²) in [4.78, 5) is 19.4. The van der Waals surface area contributed by atoms with Gasteiger partial charge in [-0.25, -0.2) is 0 Å². The summed E-state index contributed by atoms with van der Waals surface area (Å²) in [7, 11) is 3.44. The van der Waals surface area contributed by atoms with E-state index in [1.807, 2.05) is 84.0 Å². The molecule has 1 aromatic rings. The first-order valence-electron chi connectivity index (χ1n) is 11.3. The molecule has 0 saturated carbocycles. The van der Waals surface area contributed by atoms with E-state index in [0.717, 1.165) is 23.3 Å². The lowest BCUT2D eigenvalue weighted by Gasteiger charge is -2.32. The summed E-state index contributed by atoms with van der Waals surface area (Å²) >= 11 is 0. The number of carbonyl (C=O) groups excluding carboxylic acids is 1. The van der Waals surface area contributed by atoms with E-state index >= 15 is 0 Å². The highest BCUT2D eigenvalue weighted by atomic mass is 16.5. The lowest BCUT2D eigenvalue weighted by Crippen LogP contribution is -2.43. The van der Waals surface area contributed by atoms with Gasteiger partial charge in [-0.15, -0.1) is 0 Å². The molecule has 0 spiro atoms. The Labute approximate surface area is 200 Å². The second-order valence-corrected chi connectivity index (χ2v) is 8.98. The molecule has 0 radical (unpaired) electrons. The van der Waals surface area contributed by atoms with E-state index in [0.29, 0.717) is 17.9 Å². The van der Waals surface area contributed by atoms with E-state index in [-0.39, 0.29) is 17.6 Å². The summed E-state index contributed by atoms with van der Waals surface area (Å²) in [6, 6.07) is 5.94. The number of benzene rings is 1. The first-order valence-corrected chi connectivity index (χ1v) is 11.3. The van der Waals surface area contributed by atoms with Gasteiger partial charge in [-0.3, -0.25) is 9.79 Å². The van der Waals surface area contributed by atoms with Gasteiger partial charge in [-0.05, 0) is 77.7 Å². The summed E-state index contributed by atoms with van der Waals surface area (Å²) in [6.45, 7) is 15.7. The number of methoxy groups -OCH3 is 1. The molecule has 0 bridgehead atoms. The lowest BCUT2D eigenvalue weighted by atomic mass is 10.1. The number of allylic oxidation sites excluding steroid dienone is 6. The minimum Gasteiger partial charge on any atom is -0.493 e. The second-order valence-electron chi connectivity index (χ2n) is 8.98. The van der Waals surface area contributed by atoms with E-state index in [1.54, 1.807) is 31.3 Å². The van der Waals surface area contributed by atoms with Gasteiger partial charge >= 0.3 is 0 Å². The van der Waals surface area contributed by atoms with Crippen LogP contribution < -0.4 is 9.47 Å². The predicted molar refractivity (Wildman–Crippen MR) is 139 cm³/mol. The first-order chi connectivity index (χ1) is 15.5. The highest BCUT2D eigenvalue weighted by Gasteiger charge is 2.24. The van der Waals surface area contributed by atoms with Crippen LogP contribution in [0.25, 0.3) is 0 Å². The van der Waals surface area contributed by atoms with Crippen molar-refractivity contribution in [3.63, 3.8) is 0 Å². The van der Waals surface area contributed by atoms with Crippen LogP contribution in [0.15, 0.2) is 71.4 Å². The van der Waals surface area contributed by atoms with Crippen LogP contribution in [0.1, 0.15) is 53.5 Å². The third-order valence-electron chi connectivity index (χ3n) is 4.91. The van der Waals surface area contributed by atoms with Gasteiger partial charge in [0.1, 0.15) is 5.70 Å². The maximum absolute atomic E-state index is 13.2. The molecule has 33 heavy (non-hydrogen) atoms. The molecule has 0 unspecified atom stereocenters. The third kappa shape index (κ3) is 9.52. The van der Waals surface area contributed by atoms with Gasteiger partial charge in [-0.2, -0.15) is 0 Å². The molecule has 0 aromatic heterocycles. The van der Waals surface area contributed by atoms with Gasteiger partial charge in [0.2, 0.25) is 0 Å². The van der Waals surface area contributed by atoms with Crippen molar-refractivity contribution in [2.75, 3.05) is 14.2 Å². The molecule has 0 aliphatic heterocycles. The van der Waals surface area contributed by atoms with E-state index in [1.165, 1.54) is 0 Å². The van der Waals surface area contributed by atoms with Crippen LogP contribution in [-0.2, 0) is 11.2 Å². The van der Waals surface area contributed by atoms with Crippen LogP contribution >= 0.6 is 0 Å². The molecule has 5 nitrogen and oxygen atoms in total. The van der Waals surface area contributed by atoms with E-state index < -0.39 is 0 Å². The number of likely N-dealkylation sites (N-methyl/N-ethyl adjacent to an activating group) is 1. The maximum Gasteiger partial charge on any atom is 0.272 e. The van der Waals surface area contributed by atoms with E-state index in [9.17, 15) is 4.79 Å². The Bertz CT molecular complexity index is 916. The molecule has 0 heterocycles. The largest absolute Gasteiger partial charge is 0.493 e. The Morgan fingerprint density at radius 2 is 1.94 bits per heavy atom. The monoisotopic (exact) mass is 452 g/mol. The average molecular weight is 453 g/mol. The highest BCUT2D eigenvalue weighted by Crippen LogP contribution is 2.29. The maximum atomic E-state index is 13.2. The number of aryl methyl sites for hydroxylation is 1. The smallest absolute Gasteiger partial charge is 0.272 e. The number of ether oxygens (including phenoxy) is 2. The van der Waals surface area contributed by atoms with Gasteiger partial charge in [0, 0.05) is 18.8 Å². The highest BCUT2D eigenvalue weighted by molar-refractivity contribution is 5.96. The standard InChI is InChI=1S/C28H40N2O3/c1-10-13-23(14-11-2)20-29-24(27(31)30(8)28(5,6)7)16-12-15-22-17-18-25(33-21(3)4)26(19-22)32-9/h10-11,13-14,16-21H,1,12,15H2,2-9H3/b14-11-,23-13+,24-16+,29-20+. The molecule has 1 amide bonds. The molecule has 1 rings (SSSR count). The Kier molecular flexibility index (Phi) is 11.4. The lowest BCUT2D eigenvalue weighted by molar-refractivity contribution is -0.129. The molecule has 0 aliphatic rings. The van der Waals surface area contributed by atoms with E-state index in [4.69, 9.17) is 9.47 Å². The second kappa shape index (κ2) is 13.5. The van der Waals surface area contributed by atoms with Crippen LogP contribution in [0.4, 0.5) is 0 Å². The Balaban J connectivity index is 3.15. The molecule has 0 fully saturated rings. The molecular weight excluding hydrogens is 412 g/mol. The molecule has 180 valence electrons. The van der Waals surface area contributed by atoms with Crippen molar-refractivity contribution in [3.8, 4) is 11.5 Å². The van der Waals surface area contributed by atoms with Gasteiger partial charge < -0.3 is 14.4 Å². The first kappa shape index (κ1) is 28.0. The number of hydrogen-bond acceptors (Lipinski definition) is 4. The zero-order valence-electron chi connectivity index (χ0n) is 21.5. The molecular formula is C28H40N2O3. The average Bonchev–Trinajstić information content (AvgIpc) is 2.75. The number of amides is 1. The minimum absolute atomic E-state index is 0.0708. The summed E-state index contributed by atoms with van der Waals surface area (Å²) < 4.78 is 11.3. The predicted octanol–water partition coefficient (Wildman–Crippen LogP) is 6.32. The van der Waals surface area contributed by atoms with Crippen LogP contribution in [0.3, 0.4) is 0 Å². The molecule has 0 atom stereocenters. The van der Waals surface area contributed by atoms with Crippen molar-refractivity contribution in [3.05, 3.63) is 72.0 Å². The normalized spacial score (nSPS) is 13.1. The number of hydrogen-bond donors (Lipinski definition) is 0. The zero-order chi connectivity index (χ0) is 25.0. The number of nitrogens with zero attached hydrogens (tertiary/aromatic N) is 2. The zero-order valence-corrected chi connectivity index (χ0v) is 21.5. The van der Waals surface area contributed by atoms with Gasteiger partial charge in [0.25, 0.3) is 5.91 Å². The van der Waals surface area contributed by atoms with Crippen LogP contribution in [-0.4, -0.2) is 42.8 Å². The third-order valence-corrected chi connectivity index (χ3v) is 4.91. The minimum atomic E-state index is -0.311. The van der Waals surface area contributed by atoms with Gasteiger partial charge in [-0.1, -0.05) is 43.0 Å². The van der Waals surface area contributed by atoms with Crippen molar-refractivity contribution < 1.29 is 14.3 Å². The van der Waals surface area contributed by atoms with Gasteiger partial charge in [0.15, 0.2) is 11.5 Å². The van der Waals surface area contributed by atoms with Crippen LogP contribution in [0, 0.1) is 0 Å². The summed E-state index contributed by atoms with van der Waals surface area (Å²) in [5, 5.41) is 0. The topological polar surface area (TPSA) is 51.1 Å². The Morgan fingerprint density at radius 3 is 2.48 bits per heavy atom. The Hall–Kier alpha value is -3.08. The van der Waals surface area contributed by atoms with Gasteiger partial charge in [0.05, 0.1) is 13.2 Å². The molecule has 0 N–H and O–H groups in total. The van der Waals surface area contributed by atoms with Crippen LogP contribution in [0.2, 0.25) is 0 Å². The molecule has 1 aromatic carbocycles. The molecule has 0 aliphatic carbocycles. The number of aliphatic imine (C=N–C) groups is 1. The SMILES string of the molecule is C=C/C=C(\C=C/C)/C=N/C(=C/CCc1ccc(OC(C)C)c(OC)c1)C(=O)N(C)C(C)(C)C. The summed E-state index contributed by atoms with van der Waals surface area (Å²) in [6.07, 6.45) is 12.5. The summed E-state index contributed by atoms with van der Waals surface area (Å²) in [5.41, 5.74) is 2.07. The quantitative estimate of drug-likeness (QED) is 0.224. The van der Waals surface area contributed by atoms with Crippen LogP contribution in [0.5, 0.6) is 11.5 Å². The fourth-order valence-electron chi connectivity index (χ4n) is 2.88. The fourth-order valence-corrected chi connectivity index (χ4v) is 2.88. The van der Waals surface area contributed by atoms with Crippen molar-refractivity contribution in [1.82, 2.24) is 4.90 Å². The Morgan fingerprint density at radius 1 is 1.24 bits per heavy atom. The van der Waals surface area contributed by atoms with E-state index in [2.05, 4.69) is 11.6 Å². The molecule has 0 saturated heterocycles. The fraction of sp³-hybridized carbons (Fsp3) is 0.429. The van der Waals surface area contributed by atoms with Crippen molar-refractivity contribution in [1.29, 1.82) is 0 Å². The summed E-state index contributed by atoms with van der Waals surface area (Å²) in [5.74, 6) is 1.32. The van der Waals surface area contributed by atoms with Crippen molar-refractivity contribution >= 4 is 12.1 Å². The number of rotatable bonds is 11. The number of carbonyl (C=O) groups is 1. The van der Waals surface area contributed by atoms with Crippen molar-refractivity contribution in [2.24, 2.45) is 4.99 Å². The molecule has 5 heteroatoms.